The van der Waals surface area contributed by atoms with Crippen molar-refractivity contribution in [3.63, 3.8) is 0 Å². The molecule has 0 spiro atoms. The van der Waals surface area contributed by atoms with E-state index in [-0.39, 0.29) is 5.91 Å². The quantitative estimate of drug-likeness (QED) is 0.120. The molecule has 0 aliphatic rings. The van der Waals surface area contributed by atoms with Gasteiger partial charge in [0, 0.05) is 17.7 Å². The number of amides is 1. The summed E-state index contributed by atoms with van der Waals surface area (Å²) >= 11 is 0. The average Bonchev–Trinajstić information content (AvgIpc) is 2.87. The summed E-state index contributed by atoms with van der Waals surface area (Å²) in [7, 11) is 0. The van der Waals surface area contributed by atoms with Crippen LogP contribution in [-0.2, 0) is 0 Å². The van der Waals surface area contributed by atoms with Gasteiger partial charge in [0.25, 0.3) is 5.91 Å². The molecule has 0 heterocycles. The number of carbonyl (C=O) groups excluding carboxylic acids is 2. The van der Waals surface area contributed by atoms with Crippen molar-refractivity contribution in [2.45, 2.75) is 142 Å². The molecule has 1 N–H and O–H groups in total. The van der Waals surface area contributed by atoms with Crippen molar-refractivity contribution >= 4 is 12.2 Å². The molecule has 0 bridgehead atoms. The molecule has 0 aliphatic carbocycles. The van der Waals surface area contributed by atoms with E-state index >= 15 is 0 Å². The van der Waals surface area contributed by atoms with E-state index in [2.05, 4.69) is 12.2 Å². The van der Waals surface area contributed by atoms with E-state index in [0.717, 1.165) is 19.3 Å². The highest BCUT2D eigenvalue weighted by Gasteiger charge is 2.04. The maximum absolute atomic E-state index is 12.1. The van der Waals surface area contributed by atoms with Crippen LogP contribution in [0.4, 0.5) is 0 Å². The molecule has 3 heteroatoms. The summed E-state index contributed by atoms with van der Waals surface area (Å²) in [6.45, 7) is 3.02. The van der Waals surface area contributed by atoms with E-state index in [1.165, 1.54) is 128 Å². The van der Waals surface area contributed by atoms with Gasteiger partial charge in [-0.05, 0) is 18.6 Å². The van der Waals surface area contributed by atoms with Crippen molar-refractivity contribution in [1.29, 1.82) is 0 Å². The predicted molar refractivity (Wildman–Crippen MR) is 147 cm³/mol. The molecule has 34 heavy (non-hydrogen) atoms. The highest BCUT2D eigenvalue weighted by Crippen LogP contribution is 2.15. The maximum atomic E-state index is 12.1. The number of unbranched alkanes of at least 4 members (excludes halogenated alkanes) is 20. The molecule has 3 nitrogen and oxygen atoms in total. The molecule has 1 aromatic carbocycles. The molecule has 1 amide bonds. The first kappa shape index (κ1) is 30.4. The SMILES string of the molecule is CCCCCCCCCCCCCCCCCCCCCCCNC(=O)c1ccc(C=O)cc1. The van der Waals surface area contributed by atoms with Crippen LogP contribution in [0.3, 0.4) is 0 Å². The molecular formula is C31H53NO2. The molecule has 1 aromatic rings. The van der Waals surface area contributed by atoms with Gasteiger partial charge in [-0.25, -0.2) is 0 Å². The minimum absolute atomic E-state index is 0.0504. The summed E-state index contributed by atoms with van der Waals surface area (Å²) in [5, 5.41) is 2.97. The van der Waals surface area contributed by atoms with Gasteiger partial charge >= 0.3 is 0 Å². The number of carbonyl (C=O) groups is 2. The van der Waals surface area contributed by atoms with Crippen molar-refractivity contribution in [1.82, 2.24) is 5.32 Å². The topological polar surface area (TPSA) is 46.2 Å². The van der Waals surface area contributed by atoms with Crippen molar-refractivity contribution in [3.8, 4) is 0 Å². The Morgan fingerprint density at radius 2 is 0.941 bits per heavy atom. The zero-order valence-electron chi connectivity index (χ0n) is 22.3. The van der Waals surface area contributed by atoms with Crippen LogP contribution in [0.2, 0.25) is 0 Å². The van der Waals surface area contributed by atoms with Gasteiger partial charge in [0.2, 0.25) is 0 Å². The third-order valence-electron chi connectivity index (χ3n) is 6.87. The summed E-state index contributed by atoms with van der Waals surface area (Å²) in [4.78, 5) is 22.7. The number of rotatable bonds is 24. The largest absolute Gasteiger partial charge is 0.352 e. The molecular weight excluding hydrogens is 418 g/mol. The first-order valence-electron chi connectivity index (χ1n) is 14.6. The standard InChI is InChI=1S/C31H53NO2/c1-2-3-4-5-6-7-8-9-10-11-12-13-14-15-16-17-18-19-20-21-22-27-32-31(34)30-25-23-29(28-33)24-26-30/h23-26,28H,2-22,27H2,1H3,(H,32,34). The van der Waals surface area contributed by atoms with E-state index in [4.69, 9.17) is 0 Å². The number of benzene rings is 1. The first-order valence-corrected chi connectivity index (χ1v) is 14.6. The number of nitrogens with one attached hydrogen (secondary N) is 1. The van der Waals surface area contributed by atoms with Crippen LogP contribution in [0.25, 0.3) is 0 Å². The lowest BCUT2D eigenvalue weighted by Gasteiger charge is -2.06. The van der Waals surface area contributed by atoms with Crippen LogP contribution < -0.4 is 5.32 Å². The summed E-state index contributed by atoms with van der Waals surface area (Å²) in [5.74, 6) is -0.0504. The number of hydrogen-bond donors (Lipinski definition) is 1. The molecule has 1 rings (SSSR count). The second-order valence-corrected chi connectivity index (χ2v) is 10.1. The Morgan fingerprint density at radius 3 is 1.29 bits per heavy atom. The van der Waals surface area contributed by atoms with E-state index in [1.807, 2.05) is 0 Å². The minimum Gasteiger partial charge on any atom is -0.352 e. The molecule has 0 aliphatic heterocycles. The highest BCUT2D eigenvalue weighted by atomic mass is 16.1. The van der Waals surface area contributed by atoms with E-state index in [9.17, 15) is 9.59 Å². The van der Waals surface area contributed by atoms with Gasteiger partial charge in [0.15, 0.2) is 0 Å². The van der Waals surface area contributed by atoms with Gasteiger partial charge in [-0.2, -0.15) is 0 Å². The normalized spacial score (nSPS) is 11.0. The van der Waals surface area contributed by atoms with Crippen LogP contribution in [0, 0.1) is 0 Å². The number of hydrogen-bond acceptors (Lipinski definition) is 2. The van der Waals surface area contributed by atoms with Crippen LogP contribution in [0.5, 0.6) is 0 Å². The zero-order chi connectivity index (χ0) is 24.5. The zero-order valence-corrected chi connectivity index (χ0v) is 22.3. The fourth-order valence-electron chi connectivity index (χ4n) is 4.57. The van der Waals surface area contributed by atoms with Crippen LogP contribution in [0.15, 0.2) is 24.3 Å². The van der Waals surface area contributed by atoms with Gasteiger partial charge in [-0.3, -0.25) is 9.59 Å². The minimum atomic E-state index is -0.0504. The Morgan fingerprint density at radius 1 is 0.588 bits per heavy atom. The van der Waals surface area contributed by atoms with Crippen molar-refractivity contribution in [2.75, 3.05) is 6.54 Å². The van der Waals surface area contributed by atoms with Crippen LogP contribution >= 0.6 is 0 Å². The average molecular weight is 472 g/mol. The van der Waals surface area contributed by atoms with Gasteiger partial charge in [0.1, 0.15) is 6.29 Å². The van der Waals surface area contributed by atoms with Crippen molar-refractivity contribution in [2.24, 2.45) is 0 Å². The lowest BCUT2D eigenvalue weighted by Crippen LogP contribution is -2.24. The third kappa shape index (κ3) is 17.8. The van der Waals surface area contributed by atoms with Crippen molar-refractivity contribution in [3.05, 3.63) is 35.4 Å². The maximum Gasteiger partial charge on any atom is 0.251 e. The van der Waals surface area contributed by atoms with Gasteiger partial charge in [0.05, 0.1) is 0 Å². The molecule has 0 unspecified atom stereocenters. The predicted octanol–water partition coefficient (Wildman–Crippen LogP) is 9.44. The van der Waals surface area contributed by atoms with Gasteiger partial charge in [-0.1, -0.05) is 147 Å². The lowest BCUT2D eigenvalue weighted by atomic mass is 10.0. The smallest absolute Gasteiger partial charge is 0.251 e. The van der Waals surface area contributed by atoms with E-state index in [0.29, 0.717) is 11.1 Å². The second-order valence-electron chi connectivity index (χ2n) is 10.1. The first-order chi connectivity index (χ1) is 16.8. The summed E-state index contributed by atoms with van der Waals surface area (Å²) in [6.07, 6.45) is 29.9. The highest BCUT2D eigenvalue weighted by molar-refractivity contribution is 5.94. The molecule has 0 fully saturated rings. The fraction of sp³-hybridized carbons (Fsp3) is 0.742. The molecule has 0 atom stereocenters. The third-order valence-corrected chi connectivity index (χ3v) is 6.87. The Labute approximate surface area is 210 Å². The monoisotopic (exact) mass is 471 g/mol. The van der Waals surface area contributed by atoms with E-state index in [1.54, 1.807) is 24.3 Å². The molecule has 0 saturated heterocycles. The van der Waals surface area contributed by atoms with Crippen LogP contribution in [0.1, 0.15) is 162 Å². The molecule has 194 valence electrons. The summed E-state index contributed by atoms with van der Waals surface area (Å²) in [6, 6.07) is 6.77. The molecule has 0 aromatic heterocycles. The number of aldehydes is 1. The van der Waals surface area contributed by atoms with Gasteiger partial charge < -0.3 is 5.32 Å². The lowest BCUT2D eigenvalue weighted by molar-refractivity contribution is 0.0952. The summed E-state index contributed by atoms with van der Waals surface area (Å²) < 4.78 is 0. The van der Waals surface area contributed by atoms with Crippen LogP contribution in [-0.4, -0.2) is 18.7 Å². The Kier molecular flexibility index (Phi) is 20.7. The summed E-state index contributed by atoms with van der Waals surface area (Å²) in [5.41, 5.74) is 1.22. The fourth-order valence-corrected chi connectivity index (χ4v) is 4.57. The Hall–Kier alpha value is -1.64. The second kappa shape index (κ2) is 23.1. The Balaban J connectivity index is 1.75. The van der Waals surface area contributed by atoms with Crippen molar-refractivity contribution < 1.29 is 9.59 Å². The van der Waals surface area contributed by atoms with E-state index < -0.39 is 0 Å². The Bertz CT molecular complexity index is 596. The molecule has 0 saturated carbocycles. The molecule has 0 radical (unpaired) electrons. The van der Waals surface area contributed by atoms with Gasteiger partial charge in [-0.15, -0.1) is 0 Å².